The molecule has 1 heterocycles. The van der Waals surface area contributed by atoms with Gasteiger partial charge < -0.3 is 14.6 Å². The zero-order valence-electron chi connectivity index (χ0n) is 12.8. The lowest BCUT2D eigenvalue weighted by Gasteiger charge is -2.34. The van der Waals surface area contributed by atoms with E-state index in [-0.39, 0.29) is 6.42 Å². The Morgan fingerprint density at radius 2 is 2.04 bits per heavy atom. The van der Waals surface area contributed by atoms with Gasteiger partial charge in [-0.2, -0.15) is 13.2 Å². The van der Waals surface area contributed by atoms with Crippen LogP contribution >= 0.6 is 0 Å². The third-order valence-corrected chi connectivity index (χ3v) is 5.79. The summed E-state index contributed by atoms with van der Waals surface area (Å²) in [6.07, 6.45) is -5.95. The number of rotatable bonds is 4. The van der Waals surface area contributed by atoms with Crippen molar-refractivity contribution in [1.82, 2.24) is 0 Å². The summed E-state index contributed by atoms with van der Waals surface area (Å²) in [6, 6.07) is 0. The topological polar surface area (TPSA) is 72.8 Å². The van der Waals surface area contributed by atoms with E-state index in [1.165, 1.54) is 6.92 Å². The number of hydrogen-bond donors (Lipinski definition) is 1. The molecule has 0 spiro atoms. The highest BCUT2D eigenvalue weighted by Gasteiger charge is 2.73. The maximum Gasteiger partial charge on any atom is 0.393 e. The van der Waals surface area contributed by atoms with Crippen molar-refractivity contribution in [3.8, 4) is 0 Å². The molecule has 0 aromatic rings. The van der Waals surface area contributed by atoms with Crippen molar-refractivity contribution >= 4 is 11.9 Å². The molecule has 0 aromatic heterocycles. The first kappa shape index (κ1) is 16.5. The van der Waals surface area contributed by atoms with Gasteiger partial charge in [0.1, 0.15) is 12.2 Å². The van der Waals surface area contributed by atoms with Crippen molar-refractivity contribution in [2.45, 2.75) is 45.1 Å². The first-order chi connectivity index (χ1) is 10.6. The van der Waals surface area contributed by atoms with Crippen LogP contribution in [0.2, 0.25) is 0 Å². The normalized spacial score (nSPS) is 40.9. The summed E-state index contributed by atoms with van der Waals surface area (Å²) < 4.78 is 50.4. The Morgan fingerprint density at radius 3 is 2.57 bits per heavy atom. The number of hydrogen-bond acceptors (Lipinski definition) is 5. The number of alkyl halides is 3. The highest BCUT2D eigenvalue weighted by molar-refractivity contribution is 5.79. The van der Waals surface area contributed by atoms with Crippen molar-refractivity contribution in [2.75, 3.05) is 6.61 Å². The zero-order valence-corrected chi connectivity index (χ0v) is 12.8. The minimum absolute atomic E-state index is 0.172. The largest absolute Gasteiger partial charge is 0.458 e. The fourth-order valence-electron chi connectivity index (χ4n) is 4.18. The summed E-state index contributed by atoms with van der Waals surface area (Å²) in [5.74, 6) is -6.08. The van der Waals surface area contributed by atoms with E-state index in [0.717, 1.165) is 0 Å². The third-order valence-electron chi connectivity index (χ3n) is 5.79. The lowest BCUT2D eigenvalue weighted by molar-refractivity contribution is -0.214. The van der Waals surface area contributed by atoms with Crippen LogP contribution in [0.5, 0.6) is 0 Å². The Balaban J connectivity index is 1.85. The molecule has 3 fully saturated rings. The second-order valence-corrected chi connectivity index (χ2v) is 7.00. The van der Waals surface area contributed by atoms with Crippen LogP contribution in [0.15, 0.2) is 0 Å². The van der Waals surface area contributed by atoms with Crippen LogP contribution in [-0.2, 0) is 19.1 Å². The molecule has 7 unspecified atom stereocenters. The fraction of sp³-hybridized carbons (Fsp3) is 0.867. The molecule has 5 nitrogen and oxygen atoms in total. The molecular formula is C15H19F3O5. The van der Waals surface area contributed by atoms with Crippen LogP contribution in [0.25, 0.3) is 0 Å². The van der Waals surface area contributed by atoms with Crippen molar-refractivity contribution < 1.29 is 37.3 Å². The number of carbonyl (C=O) groups excluding carboxylic acids is 2. The van der Waals surface area contributed by atoms with Gasteiger partial charge in [0.05, 0.1) is 23.9 Å². The van der Waals surface area contributed by atoms with E-state index in [4.69, 9.17) is 9.47 Å². The monoisotopic (exact) mass is 336 g/mol. The molecule has 2 saturated carbocycles. The van der Waals surface area contributed by atoms with Crippen LogP contribution < -0.4 is 0 Å². The minimum Gasteiger partial charge on any atom is -0.458 e. The van der Waals surface area contributed by atoms with Crippen molar-refractivity contribution in [1.29, 1.82) is 0 Å². The average molecular weight is 336 g/mol. The van der Waals surface area contributed by atoms with E-state index >= 15 is 0 Å². The quantitative estimate of drug-likeness (QED) is 0.791. The number of halogens is 3. The maximum absolute atomic E-state index is 13.3. The summed E-state index contributed by atoms with van der Waals surface area (Å²) >= 11 is 0. The van der Waals surface area contributed by atoms with Crippen LogP contribution in [0, 0.1) is 29.1 Å². The van der Waals surface area contributed by atoms with E-state index in [2.05, 4.69) is 0 Å². The van der Waals surface area contributed by atoms with Crippen LogP contribution in [-0.4, -0.2) is 42.0 Å². The van der Waals surface area contributed by atoms with Gasteiger partial charge in [-0.1, -0.05) is 6.92 Å². The van der Waals surface area contributed by atoms with Gasteiger partial charge in [-0.25, -0.2) is 0 Å². The van der Waals surface area contributed by atoms with Gasteiger partial charge in [0.25, 0.3) is 0 Å². The summed E-state index contributed by atoms with van der Waals surface area (Å²) in [5, 5.41) is 9.35. The summed E-state index contributed by atoms with van der Waals surface area (Å²) in [5.41, 5.74) is -1.17. The molecule has 2 bridgehead atoms. The second-order valence-electron chi connectivity index (χ2n) is 7.00. The Hall–Kier alpha value is -1.31. The smallest absolute Gasteiger partial charge is 0.393 e. The lowest BCUT2D eigenvalue weighted by atomic mass is 9.78. The predicted molar refractivity (Wildman–Crippen MR) is 69.9 cm³/mol. The summed E-state index contributed by atoms with van der Waals surface area (Å²) in [7, 11) is 0. The first-order valence-corrected chi connectivity index (χ1v) is 7.73. The van der Waals surface area contributed by atoms with Gasteiger partial charge in [-0.15, -0.1) is 0 Å². The number of esters is 2. The predicted octanol–water partition coefficient (Wildman–Crippen LogP) is 1.68. The number of carbonyl (C=O) groups is 2. The van der Waals surface area contributed by atoms with E-state index < -0.39 is 66.0 Å². The van der Waals surface area contributed by atoms with Crippen molar-refractivity contribution in [3.05, 3.63) is 0 Å². The fourth-order valence-corrected chi connectivity index (χ4v) is 4.18. The van der Waals surface area contributed by atoms with E-state index in [1.807, 2.05) is 0 Å². The van der Waals surface area contributed by atoms with E-state index in [9.17, 15) is 27.9 Å². The Labute approximate surface area is 131 Å². The van der Waals surface area contributed by atoms with Gasteiger partial charge in [-0.3, -0.25) is 9.59 Å². The number of aliphatic hydroxyl groups is 1. The summed E-state index contributed by atoms with van der Waals surface area (Å²) in [6.45, 7) is 2.72. The molecule has 1 saturated heterocycles. The van der Waals surface area contributed by atoms with Gasteiger partial charge in [0.2, 0.25) is 0 Å². The standard InChI is InChI=1S/C15H19F3O5/c1-3-14(2,5-19)13(21)23-11-7-4-6-8(9(7)15(16,17)18)12(20)22-10(6)11/h6-11,19H,3-5H2,1-2H3. The van der Waals surface area contributed by atoms with Crippen molar-refractivity contribution in [3.63, 3.8) is 0 Å². The molecule has 3 rings (SSSR count). The van der Waals surface area contributed by atoms with Gasteiger partial charge >= 0.3 is 18.1 Å². The first-order valence-electron chi connectivity index (χ1n) is 7.73. The maximum atomic E-state index is 13.3. The number of fused-ring (bicyclic) bond motifs is 1. The SMILES string of the molecule is CCC(C)(CO)C(=O)OC1C2CC3C1OC(=O)C3C2C(F)(F)F. The van der Waals surface area contributed by atoms with Crippen LogP contribution in [0.4, 0.5) is 13.2 Å². The number of aliphatic hydroxyl groups excluding tert-OH is 1. The summed E-state index contributed by atoms with van der Waals surface area (Å²) in [4.78, 5) is 24.1. The average Bonchev–Trinajstić information content (AvgIpc) is 3.08. The third kappa shape index (κ3) is 2.25. The molecule has 0 radical (unpaired) electrons. The molecule has 130 valence electrons. The Bertz CT molecular complexity index is 528. The molecule has 8 heteroatoms. The molecule has 1 aliphatic heterocycles. The molecule has 2 aliphatic carbocycles. The minimum atomic E-state index is -4.53. The lowest BCUT2D eigenvalue weighted by Crippen LogP contribution is -2.47. The van der Waals surface area contributed by atoms with Crippen molar-refractivity contribution in [2.24, 2.45) is 29.1 Å². The Morgan fingerprint density at radius 1 is 1.39 bits per heavy atom. The van der Waals surface area contributed by atoms with Gasteiger partial charge in [-0.05, 0) is 19.8 Å². The zero-order chi connectivity index (χ0) is 17.2. The van der Waals surface area contributed by atoms with Crippen LogP contribution in [0.1, 0.15) is 26.7 Å². The highest BCUT2D eigenvalue weighted by atomic mass is 19.4. The molecule has 1 N–H and O–H groups in total. The number of ether oxygens (including phenoxy) is 2. The molecule has 0 aromatic carbocycles. The molecule has 7 atom stereocenters. The Kier molecular flexibility index (Phi) is 3.66. The molecule has 3 aliphatic rings. The highest BCUT2D eigenvalue weighted by Crippen LogP contribution is 2.62. The van der Waals surface area contributed by atoms with Gasteiger partial charge in [0, 0.05) is 11.8 Å². The van der Waals surface area contributed by atoms with Crippen LogP contribution in [0.3, 0.4) is 0 Å². The molecule has 23 heavy (non-hydrogen) atoms. The molecular weight excluding hydrogens is 317 g/mol. The molecule has 0 amide bonds. The second kappa shape index (κ2) is 5.09. The van der Waals surface area contributed by atoms with Gasteiger partial charge in [0.15, 0.2) is 0 Å². The van der Waals surface area contributed by atoms with E-state index in [0.29, 0.717) is 6.42 Å². The van der Waals surface area contributed by atoms with E-state index in [1.54, 1.807) is 6.92 Å².